The zero-order valence-corrected chi connectivity index (χ0v) is 12.6. The number of rotatable bonds is 4. The lowest BCUT2D eigenvalue weighted by molar-refractivity contribution is -0.111. The molecule has 0 aliphatic carbocycles. The third-order valence-corrected chi connectivity index (χ3v) is 3.12. The van der Waals surface area contributed by atoms with Crippen LogP contribution in [0.15, 0.2) is 54.6 Å². The smallest absolute Gasteiger partial charge is 0.337 e. The van der Waals surface area contributed by atoms with Gasteiger partial charge in [0.1, 0.15) is 0 Å². The Labute approximate surface area is 133 Å². The molecule has 0 radical (unpaired) electrons. The summed E-state index contributed by atoms with van der Waals surface area (Å²) < 4.78 is 4.61. The number of halogens is 1. The van der Waals surface area contributed by atoms with Crippen LogP contribution < -0.4 is 5.32 Å². The van der Waals surface area contributed by atoms with E-state index >= 15 is 0 Å². The van der Waals surface area contributed by atoms with E-state index in [1.807, 2.05) is 12.1 Å². The maximum absolute atomic E-state index is 11.8. The van der Waals surface area contributed by atoms with Crippen molar-refractivity contribution in [3.63, 3.8) is 0 Å². The lowest BCUT2D eigenvalue weighted by Gasteiger charge is -2.03. The summed E-state index contributed by atoms with van der Waals surface area (Å²) in [5, 5.41) is 3.35. The second-order valence-electron chi connectivity index (χ2n) is 4.44. The van der Waals surface area contributed by atoms with Gasteiger partial charge in [0.15, 0.2) is 0 Å². The number of hydrogen-bond donors (Lipinski definition) is 1. The molecule has 2 rings (SSSR count). The molecular formula is C17H14ClNO3. The monoisotopic (exact) mass is 315 g/mol. The number of carbonyl (C=O) groups is 2. The van der Waals surface area contributed by atoms with Crippen molar-refractivity contribution in [2.75, 3.05) is 12.4 Å². The average molecular weight is 316 g/mol. The van der Waals surface area contributed by atoms with E-state index in [9.17, 15) is 9.59 Å². The van der Waals surface area contributed by atoms with Gasteiger partial charge in [-0.05, 0) is 48.0 Å². The Morgan fingerprint density at radius 2 is 1.68 bits per heavy atom. The van der Waals surface area contributed by atoms with E-state index in [1.165, 1.54) is 13.2 Å². The molecule has 0 fully saturated rings. The van der Waals surface area contributed by atoms with Gasteiger partial charge in [-0.1, -0.05) is 23.7 Å². The number of nitrogens with one attached hydrogen (secondary N) is 1. The second-order valence-corrected chi connectivity index (χ2v) is 4.88. The molecule has 0 saturated heterocycles. The fraction of sp³-hybridized carbons (Fsp3) is 0.0588. The van der Waals surface area contributed by atoms with E-state index in [2.05, 4.69) is 10.1 Å². The first kappa shape index (κ1) is 15.8. The summed E-state index contributed by atoms with van der Waals surface area (Å²) >= 11 is 5.79. The summed E-state index contributed by atoms with van der Waals surface area (Å²) in [6, 6.07) is 13.6. The summed E-state index contributed by atoms with van der Waals surface area (Å²) in [5.41, 5.74) is 1.90. The van der Waals surface area contributed by atoms with Crippen molar-refractivity contribution in [1.82, 2.24) is 0 Å². The highest BCUT2D eigenvalue weighted by Crippen LogP contribution is 2.12. The molecular weight excluding hydrogens is 302 g/mol. The van der Waals surface area contributed by atoms with Crippen molar-refractivity contribution in [3.8, 4) is 0 Å². The number of amides is 1. The molecule has 0 heterocycles. The highest BCUT2D eigenvalue weighted by atomic mass is 35.5. The van der Waals surface area contributed by atoms with Gasteiger partial charge >= 0.3 is 5.97 Å². The second kappa shape index (κ2) is 7.43. The Hall–Kier alpha value is -2.59. The number of anilines is 1. The summed E-state index contributed by atoms with van der Waals surface area (Å²) in [4.78, 5) is 23.1. The predicted molar refractivity (Wildman–Crippen MR) is 86.9 cm³/mol. The third kappa shape index (κ3) is 4.46. The Bertz CT molecular complexity index is 691. The zero-order chi connectivity index (χ0) is 15.9. The van der Waals surface area contributed by atoms with Gasteiger partial charge in [-0.15, -0.1) is 0 Å². The number of hydrogen-bond acceptors (Lipinski definition) is 3. The molecule has 0 atom stereocenters. The molecule has 0 spiro atoms. The molecule has 22 heavy (non-hydrogen) atoms. The van der Waals surface area contributed by atoms with E-state index in [4.69, 9.17) is 11.6 Å². The van der Waals surface area contributed by atoms with Crippen molar-refractivity contribution in [3.05, 3.63) is 70.8 Å². The van der Waals surface area contributed by atoms with Crippen molar-refractivity contribution in [1.29, 1.82) is 0 Å². The first-order valence-electron chi connectivity index (χ1n) is 6.51. The highest BCUT2D eigenvalue weighted by molar-refractivity contribution is 6.30. The van der Waals surface area contributed by atoms with Crippen LogP contribution in [0.25, 0.3) is 6.08 Å². The number of carbonyl (C=O) groups excluding carboxylic acids is 2. The minimum Gasteiger partial charge on any atom is -0.465 e. The van der Waals surface area contributed by atoms with Crippen molar-refractivity contribution >= 4 is 35.2 Å². The lowest BCUT2D eigenvalue weighted by Crippen LogP contribution is -2.08. The fourth-order valence-corrected chi connectivity index (χ4v) is 1.86. The van der Waals surface area contributed by atoms with Crippen molar-refractivity contribution in [2.24, 2.45) is 0 Å². The standard InChI is InChI=1S/C17H14ClNO3/c1-22-17(21)13-5-9-15(10-6-13)19-16(20)11-4-12-2-7-14(18)8-3-12/h2-11H,1H3,(H,19,20)/b11-4+. The number of ether oxygens (including phenoxy) is 1. The normalized spacial score (nSPS) is 10.5. The van der Waals surface area contributed by atoms with Crippen molar-refractivity contribution in [2.45, 2.75) is 0 Å². The lowest BCUT2D eigenvalue weighted by atomic mass is 10.2. The molecule has 4 nitrogen and oxygen atoms in total. The minimum absolute atomic E-state index is 0.263. The molecule has 0 aromatic heterocycles. The molecule has 2 aromatic rings. The Morgan fingerprint density at radius 3 is 2.27 bits per heavy atom. The average Bonchev–Trinajstić information content (AvgIpc) is 2.54. The first-order chi connectivity index (χ1) is 10.6. The zero-order valence-electron chi connectivity index (χ0n) is 11.9. The summed E-state index contributed by atoms with van der Waals surface area (Å²) in [6.07, 6.45) is 3.12. The topological polar surface area (TPSA) is 55.4 Å². The summed E-state index contributed by atoms with van der Waals surface area (Å²) in [7, 11) is 1.32. The van der Waals surface area contributed by atoms with Gasteiger partial charge in [0, 0.05) is 16.8 Å². The molecule has 0 aliphatic heterocycles. The molecule has 0 unspecified atom stereocenters. The van der Waals surface area contributed by atoms with Crippen LogP contribution in [-0.4, -0.2) is 19.0 Å². The van der Waals surface area contributed by atoms with Crippen molar-refractivity contribution < 1.29 is 14.3 Å². The van der Waals surface area contributed by atoms with Gasteiger partial charge in [-0.25, -0.2) is 4.79 Å². The molecule has 1 amide bonds. The Morgan fingerprint density at radius 1 is 1.05 bits per heavy atom. The molecule has 0 bridgehead atoms. The predicted octanol–water partition coefficient (Wildman–Crippen LogP) is 3.78. The van der Waals surface area contributed by atoms with E-state index < -0.39 is 5.97 Å². The molecule has 0 aliphatic rings. The van der Waals surface area contributed by atoms with Gasteiger partial charge in [-0.2, -0.15) is 0 Å². The van der Waals surface area contributed by atoms with Crippen LogP contribution in [0, 0.1) is 0 Å². The van der Waals surface area contributed by atoms with Crippen LogP contribution >= 0.6 is 11.6 Å². The van der Waals surface area contributed by atoms with Gasteiger partial charge in [0.2, 0.25) is 5.91 Å². The number of esters is 1. The van der Waals surface area contributed by atoms with Crippen LogP contribution in [0.3, 0.4) is 0 Å². The van der Waals surface area contributed by atoms with Crippen LogP contribution in [0.4, 0.5) is 5.69 Å². The van der Waals surface area contributed by atoms with E-state index in [-0.39, 0.29) is 5.91 Å². The van der Waals surface area contributed by atoms with Crippen LogP contribution in [0.1, 0.15) is 15.9 Å². The van der Waals surface area contributed by atoms with Gasteiger partial charge in [0.05, 0.1) is 12.7 Å². The van der Waals surface area contributed by atoms with Gasteiger partial charge in [-0.3, -0.25) is 4.79 Å². The Balaban J connectivity index is 1.97. The first-order valence-corrected chi connectivity index (χ1v) is 6.89. The molecule has 112 valence electrons. The minimum atomic E-state index is -0.416. The quantitative estimate of drug-likeness (QED) is 0.690. The third-order valence-electron chi connectivity index (χ3n) is 2.87. The molecule has 2 aromatic carbocycles. The van der Waals surface area contributed by atoms with E-state index in [0.717, 1.165) is 5.56 Å². The van der Waals surface area contributed by atoms with Crippen LogP contribution in [0.5, 0.6) is 0 Å². The highest BCUT2D eigenvalue weighted by Gasteiger charge is 2.05. The SMILES string of the molecule is COC(=O)c1ccc(NC(=O)/C=C/c2ccc(Cl)cc2)cc1. The summed E-state index contributed by atoms with van der Waals surface area (Å²) in [5.74, 6) is -0.679. The maximum atomic E-state index is 11.8. The number of methoxy groups -OCH3 is 1. The Kier molecular flexibility index (Phi) is 5.33. The summed E-state index contributed by atoms with van der Waals surface area (Å²) in [6.45, 7) is 0. The van der Waals surface area contributed by atoms with Crippen LogP contribution in [0.2, 0.25) is 5.02 Å². The largest absolute Gasteiger partial charge is 0.465 e. The van der Waals surface area contributed by atoms with E-state index in [1.54, 1.807) is 42.5 Å². The fourth-order valence-electron chi connectivity index (χ4n) is 1.74. The molecule has 5 heteroatoms. The van der Waals surface area contributed by atoms with E-state index in [0.29, 0.717) is 16.3 Å². The van der Waals surface area contributed by atoms with Crippen LogP contribution in [-0.2, 0) is 9.53 Å². The molecule has 1 N–H and O–H groups in total. The number of benzene rings is 2. The van der Waals surface area contributed by atoms with Gasteiger partial charge < -0.3 is 10.1 Å². The van der Waals surface area contributed by atoms with Gasteiger partial charge in [0.25, 0.3) is 0 Å². The molecule has 0 saturated carbocycles. The maximum Gasteiger partial charge on any atom is 0.337 e.